The lowest BCUT2D eigenvalue weighted by atomic mass is 10.0. The first-order valence-electron chi connectivity index (χ1n) is 6.08. The molecule has 1 rings (SSSR count). The van der Waals surface area contributed by atoms with Gasteiger partial charge in [0.05, 0.1) is 5.56 Å². The molecule has 0 aliphatic rings. The van der Waals surface area contributed by atoms with Crippen molar-refractivity contribution in [3.63, 3.8) is 0 Å². The summed E-state index contributed by atoms with van der Waals surface area (Å²) in [5.41, 5.74) is 4.76. The molecule has 0 amide bonds. The Morgan fingerprint density at radius 3 is 2.42 bits per heavy atom. The molecule has 0 saturated carbocycles. The number of likely N-dealkylation sites (N-methyl/N-ethyl adjacent to an activating group) is 1. The Bertz CT molecular complexity index is 418. The molecule has 0 bridgehead atoms. The third kappa shape index (κ3) is 3.91. The zero-order valence-corrected chi connectivity index (χ0v) is 11.0. The van der Waals surface area contributed by atoms with Gasteiger partial charge in [-0.3, -0.25) is 4.90 Å². The molecule has 0 heterocycles. The lowest BCUT2D eigenvalue weighted by molar-refractivity contribution is -0.140. The molecule has 1 unspecified atom stereocenters. The first-order chi connectivity index (χ1) is 8.81. The van der Waals surface area contributed by atoms with Crippen molar-refractivity contribution in [2.24, 2.45) is 5.73 Å². The van der Waals surface area contributed by atoms with Gasteiger partial charge >= 0.3 is 6.18 Å². The highest BCUT2D eigenvalue weighted by Gasteiger charge is 2.34. The molecule has 1 atom stereocenters. The molecule has 0 aliphatic carbocycles. The number of alkyl halides is 3. The number of halogens is 4. The highest BCUT2D eigenvalue weighted by molar-refractivity contribution is 5.29. The van der Waals surface area contributed by atoms with Gasteiger partial charge in [-0.05, 0) is 37.7 Å². The number of hydrogen-bond donors (Lipinski definition) is 1. The largest absolute Gasteiger partial charge is 0.419 e. The van der Waals surface area contributed by atoms with Crippen LogP contribution in [0.25, 0.3) is 0 Å². The number of hydrogen-bond acceptors (Lipinski definition) is 2. The van der Waals surface area contributed by atoms with E-state index in [9.17, 15) is 17.6 Å². The summed E-state index contributed by atoms with van der Waals surface area (Å²) in [6.07, 6.45) is -3.83. The standard InChI is InChI=1S/C13H18F4N2/c1-3-6-19(2)12(8-18)9-4-5-11(14)10(7-9)13(15,16)17/h4-5,7,12H,3,6,8,18H2,1-2H3. The molecule has 0 fully saturated rings. The van der Waals surface area contributed by atoms with Crippen LogP contribution < -0.4 is 5.73 Å². The van der Waals surface area contributed by atoms with Gasteiger partial charge in [-0.2, -0.15) is 13.2 Å². The van der Waals surface area contributed by atoms with Gasteiger partial charge in [-0.15, -0.1) is 0 Å². The molecule has 2 N–H and O–H groups in total. The summed E-state index contributed by atoms with van der Waals surface area (Å²) >= 11 is 0. The summed E-state index contributed by atoms with van der Waals surface area (Å²) in [5.74, 6) is -1.26. The maximum absolute atomic E-state index is 13.2. The summed E-state index contributed by atoms with van der Waals surface area (Å²) in [7, 11) is 1.79. The molecule has 2 nitrogen and oxygen atoms in total. The van der Waals surface area contributed by atoms with Crippen LogP contribution in [0.2, 0.25) is 0 Å². The van der Waals surface area contributed by atoms with Crippen molar-refractivity contribution in [2.45, 2.75) is 25.6 Å². The normalized spacial score (nSPS) is 13.9. The SMILES string of the molecule is CCCN(C)C(CN)c1ccc(F)c(C(F)(F)F)c1. The van der Waals surface area contributed by atoms with Gasteiger partial charge in [-0.1, -0.05) is 13.0 Å². The molecule has 0 aliphatic heterocycles. The van der Waals surface area contributed by atoms with Gasteiger partial charge in [-0.25, -0.2) is 4.39 Å². The smallest absolute Gasteiger partial charge is 0.329 e. The van der Waals surface area contributed by atoms with Crippen LogP contribution in [0.1, 0.15) is 30.5 Å². The van der Waals surface area contributed by atoms with Crippen LogP contribution >= 0.6 is 0 Å². The minimum atomic E-state index is -4.69. The van der Waals surface area contributed by atoms with Gasteiger partial charge in [0, 0.05) is 12.6 Å². The Balaban J connectivity index is 3.12. The molecule has 19 heavy (non-hydrogen) atoms. The topological polar surface area (TPSA) is 29.3 Å². The lowest BCUT2D eigenvalue weighted by Crippen LogP contribution is -2.31. The van der Waals surface area contributed by atoms with E-state index >= 15 is 0 Å². The summed E-state index contributed by atoms with van der Waals surface area (Å²) in [6.45, 7) is 2.86. The van der Waals surface area contributed by atoms with Crippen LogP contribution in [0.15, 0.2) is 18.2 Å². The van der Waals surface area contributed by atoms with Crippen molar-refractivity contribution in [1.82, 2.24) is 4.90 Å². The second-order valence-electron chi connectivity index (χ2n) is 4.47. The van der Waals surface area contributed by atoms with E-state index < -0.39 is 17.6 Å². The predicted molar refractivity (Wildman–Crippen MR) is 66.1 cm³/mol. The molecule has 0 aromatic heterocycles. The van der Waals surface area contributed by atoms with Crippen molar-refractivity contribution in [2.75, 3.05) is 20.1 Å². The Kier molecular flexibility index (Phi) is 5.31. The quantitative estimate of drug-likeness (QED) is 0.838. The van der Waals surface area contributed by atoms with Gasteiger partial charge in [0.15, 0.2) is 0 Å². The van der Waals surface area contributed by atoms with E-state index in [1.165, 1.54) is 6.07 Å². The van der Waals surface area contributed by atoms with Crippen molar-refractivity contribution in [3.8, 4) is 0 Å². The van der Waals surface area contributed by atoms with E-state index in [1.54, 1.807) is 7.05 Å². The van der Waals surface area contributed by atoms with Crippen LogP contribution in [0.3, 0.4) is 0 Å². The van der Waals surface area contributed by atoms with E-state index in [0.717, 1.165) is 18.6 Å². The van der Waals surface area contributed by atoms with E-state index in [2.05, 4.69) is 0 Å². The molecule has 6 heteroatoms. The third-order valence-electron chi connectivity index (χ3n) is 3.01. The zero-order valence-electron chi connectivity index (χ0n) is 11.0. The van der Waals surface area contributed by atoms with E-state index in [1.807, 2.05) is 11.8 Å². The summed E-state index contributed by atoms with van der Waals surface area (Å²) in [6, 6.07) is 2.70. The van der Waals surface area contributed by atoms with Crippen molar-refractivity contribution in [1.29, 1.82) is 0 Å². The molecule has 0 spiro atoms. The fourth-order valence-corrected chi connectivity index (χ4v) is 2.05. The summed E-state index contributed by atoms with van der Waals surface area (Å²) in [5, 5.41) is 0. The fourth-order valence-electron chi connectivity index (χ4n) is 2.05. The number of benzene rings is 1. The number of nitrogens with two attached hydrogens (primary N) is 1. The fraction of sp³-hybridized carbons (Fsp3) is 0.538. The molecular weight excluding hydrogens is 260 g/mol. The summed E-state index contributed by atoms with van der Waals surface area (Å²) < 4.78 is 51.2. The second kappa shape index (κ2) is 6.34. The third-order valence-corrected chi connectivity index (χ3v) is 3.01. The minimum Gasteiger partial charge on any atom is -0.329 e. The molecule has 108 valence electrons. The van der Waals surface area contributed by atoms with Crippen molar-refractivity contribution in [3.05, 3.63) is 35.1 Å². The summed E-state index contributed by atoms with van der Waals surface area (Å²) in [4.78, 5) is 1.87. The van der Waals surface area contributed by atoms with Crippen LogP contribution in [0.4, 0.5) is 17.6 Å². The molecule has 1 aromatic rings. The van der Waals surface area contributed by atoms with Crippen LogP contribution in [0.5, 0.6) is 0 Å². The van der Waals surface area contributed by atoms with Crippen LogP contribution in [-0.4, -0.2) is 25.0 Å². The molecular formula is C13H18F4N2. The highest BCUT2D eigenvalue weighted by Crippen LogP contribution is 2.33. The highest BCUT2D eigenvalue weighted by atomic mass is 19.4. The Labute approximate surface area is 110 Å². The first kappa shape index (κ1) is 15.9. The average molecular weight is 278 g/mol. The van der Waals surface area contributed by atoms with Crippen LogP contribution in [0, 0.1) is 5.82 Å². The second-order valence-corrected chi connectivity index (χ2v) is 4.47. The maximum Gasteiger partial charge on any atom is 0.419 e. The Hall–Kier alpha value is -1.14. The number of rotatable bonds is 5. The monoisotopic (exact) mass is 278 g/mol. The van der Waals surface area contributed by atoms with E-state index in [4.69, 9.17) is 5.73 Å². The first-order valence-corrected chi connectivity index (χ1v) is 6.08. The Morgan fingerprint density at radius 2 is 1.95 bits per heavy atom. The van der Waals surface area contributed by atoms with E-state index in [-0.39, 0.29) is 12.6 Å². The zero-order chi connectivity index (χ0) is 14.6. The molecule has 0 saturated heterocycles. The van der Waals surface area contributed by atoms with Crippen LogP contribution in [-0.2, 0) is 6.18 Å². The minimum absolute atomic E-state index is 0.180. The van der Waals surface area contributed by atoms with E-state index in [0.29, 0.717) is 12.1 Å². The van der Waals surface area contributed by atoms with Crippen molar-refractivity contribution >= 4 is 0 Å². The molecule has 1 aromatic carbocycles. The van der Waals surface area contributed by atoms with Gasteiger partial charge < -0.3 is 5.73 Å². The van der Waals surface area contributed by atoms with Gasteiger partial charge in [0.25, 0.3) is 0 Å². The number of nitrogens with zero attached hydrogens (tertiary/aromatic N) is 1. The molecule has 0 radical (unpaired) electrons. The Morgan fingerprint density at radius 1 is 1.32 bits per heavy atom. The van der Waals surface area contributed by atoms with Crippen molar-refractivity contribution < 1.29 is 17.6 Å². The predicted octanol–water partition coefficient (Wildman–Crippen LogP) is 3.19. The average Bonchev–Trinajstić information content (AvgIpc) is 2.31. The maximum atomic E-state index is 13.2. The lowest BCUT2D eigenvalue weighted by Gasteiger charge is -2.27. The van der Waals surface area contributed by atoms with Gasteiger partial charge in [0.1, 0.15) is 5.82 Å². The van der Waals surface area contributed by atoms with Gasteiger partial charge in [0.2, 0.25) is 0 Å².